The van der Waals surface area contributed by atoms with Gasteiger partial charge >= 0.3 is 5.97 Å². The minimum Gasteiger partial charge on any atom is -0.480 e. The minimum atomic E-state index is -1.22. The van der Waals surface area contributed by atoms with Crippen molar-refractivity contribution in [2.24, 2.45) is 0 Å². The van der Waals surface area contributed by atoms with E-state index in [1.807, 2.05) is 26.8 Å². The Kier molecular flexibility index (Phi) is 4.80. The molecule has 1 aromatic carbocycles. The maximum absolute atomic E-state index is 12.1. The number of benzene rings is 1. The molecule has 1 rings (SSSR count). The van der Waals surface area contributed by atoms with Crippen molar-refractivity contribution < 1.29 is 19.5 Å². The maximum atomic E-state index is 12.1. The van der Waals surface area contributed by atoms with Gasteiger partial charge in [0.15, 0.2) is 5.78 Å². The van der Waals surface area contributed by atoms with Crippen molar-refractivity contribution >= 4 is 18.2 Å². The van der Waals surface area contributed by atoms with E-state index in [1.54, 1.807) is 6.07 Å². The number of hydrogen-bond donors (Lipinski definition) is 2. The van der Waals surface area contributed by atoms with E-state index in [4.69, 9.17) is 5.11 Å². The van der Waals surface area contributed by atoms with Crippen LogP contribution in [0.15, 0.2) is 12.1 Å². The minimum absolute atomic E-state index is 0.253. The van der Waals surface area contributed by atoms with Crippen LogP contribution in [0, 0.1) is 20.8 Å². The molecule has 1 aromatic rings. The molecule has 0 fully saturated rings. The number of aliphatic carboxylic acids is 1. The zero-order valence-electron chi connectivity index (χ0n) is 11.2. The van der Waals surface area contributed by atoms with Crippen LogP contribution in [0.4, 0.5) is 0 Å². The van der Waals surface area contributed by atoms with Crippen molar-refractivity contribution in [2.45, 2.75) is 33.2 Å². The number of carboxylic acids is 1. The Morgan fingerprint density at radius 1 is 1.21 bits per heavy atom. The van der Waals surface area contributed by atoms with Crippen molar-refractivity contribution in [3.05, 3.63) is 34.4 Å². The molecule has 2 N–H and O–H groups in total. The molecule has 0 aliphatic rings. The first kappa shape index (κ1) is 14.9. The number of aryl methyl sites for hydroxylation is 3. The lowest BCUT2D eigenvalue weighted by Gasteiger charge is -2.13. The summed E-state index contributed by atoms with van der Waals surface area (Å²) in [5.41, 5.74) is 3.37. The van der Waals surface area contributed by atoms with Gasteiger partial charge in [-0.05, 0) is 43.5 Å². The Hall–Kier alpha value is -2.17. The molecule has 19 heavy (non-hydrogen) atoms. The summed E-state index contributed by atoms with van der Waals surface area (Å²) in [5, 5.41) is 11.0. The summed E-state index contributed by atoms with van der Waals surface area (Å²) in [7, 11) is 0. The molecule has 0 saturated heterocycles. The predicted molar refractivity (Wildman–Crippen MR) is 70.2 cm³/mol. The highest BCUT2D eigenvalue weighted by Gasteiger charge is 2.22. The number of carboxylic acid groups (broad SMARTS) is 1. The van der Waals surface area contributed by atoms with Crippen LogP contribution in [0.2, 0.25) is 0 Å². The lowest BCUT2D eigenvalue weighted by molar-refractivity contribution is -0.140. The van der Waals surface area contributed by atoms with Gasteiger partial charge in [0.1, 0.15) is 6.04 Å². The molecule has 0 spiro atoms. The molecule has 0 aliphatic heterocycles. The Bertz CT molecular complexity index is 522. The van der Waals surface area contributed by atoms with Crippen LogP contribution in [0.25, 0.3) is 0 Å². The molecule has 5 nitrogen and oxygen atoms in total. The van der Waals surface area contributed by atoms with Gasteiger partial charge in [-0.25, -0.2) is 4.79 Å². The molecule has 1 unspecified atom stereocenters. The Morgan fingerprint density at radius 2 is 1.79 bits per heavy atom. The van der Waals surface area contributed by atoms with Crippen molar-refractivity contribution in [2.75, 3.05) is 0 Å². The fraction of sp³-hybridized carbons (Fsp3) is 0.357. The average Bonchev–Trinajstić information content (AvgIpc) is 2.32. The number of carbonyl (C=O) groups is 3. The molecule has 0 aliphatic carbocycles. The molecular formula is C14H17NO4. The average molecular weight is 263 g/mol. The maximum Gasteiger partial charge on any atom is 0.326 e. The van der Waals surface area contributed by atoms with E-state index < -0.39 is 12.0 Å². The van der Waals surface area contributed by atoms with Crippen LogP contribution < -0.4 is 5.32 Å². The zero-order valence-corrected chi connectivity index (χ0v) is 11.2. The van der Waals surface area contributed by atoms with E-state index in [0.29, 0.717) is 12.0 Å². The molecule has 1 amide bonds. The highest BCUT2D eigenvalue weighted by molar-refractivity contribution is 6.00. The number of Topliss-reactive ketones (excluding diaryl/α,β-unsaturated/α-hetero) is 1. The van der Waals surface area contributed by atoms with Gasteiger partial charge in [-0.1, -0.05) is 6.07 Å². The van der Waals surface area contributed by atoms with E-state index in [1.165, 1.54) is 0 Å². The first-order valence-electron chi connectivity index (χ1n) is 5.90. The van der Waals surface area contributed by atoms with Crippen LogP contribution >= 0.6 is 0 Å². The van der Waals surface area contributed by atoms with E-state index in [0.717, 1.165) is 16.7 Å². The van der Waals surface area contributed by atoms with Crippen molar-refractivity contribution in [1.29, 1.82) is 0 Å². The summed E-state index contributed by atoms with van der Waals surface area (Å²) < 4.78 is 0. The first-order valence-corrected chi connectivity index (χ1v) is 5.90. The van der Waals surface area contributed by atoms with Crippen LogP contribution in [-0.2, 0) is 9.59 Å². The molecule has 0 bridgehead atoms. The Labute approximate surface area is 111 Å². The lowest BCUT2D eigenvalue weighted by atomic mass is 9.95. The van der Waals surface area contributed by atoms with E-state index in [9.17, 15) is 14.4 Å². The third-order valence-electron chi connectivity index (χ3n) is 3.10. The fourth-order valence-corrected chi connectivity index (χ4v) is 1.86. The van der Waals surface area contributed by atoms with E-state index in [-0.39, 0.29) is 12.2 Å². The van der Waals surface area contributed by atoms with E-state index in [2.05, 4.69) is 5.32 Å². The summed E-state index contributed by atoms with van der Waals surface area (Å²) in [5.74, 6) is -1.51. The predicted octanol–water partition coefficient (Wildman–Crippen LogP) is 1.38. The number of hydrogen-bond acceptors (Lipinski definition) is 3. The third-order valence-corrected chi connectivity index (χ3v) is 3.10. The standard InChI is InChI=1S/C14H17NO4/c1-8-4-10(3)11(5-9(8)2)13(17)6-12(14(18)19)15-7-16/h4-5,7,12H,6H2,1-3H3,(H,15,16)(H,18,19). The normalized spacial score (nSPS) is 11.7. The van der Waals surface area contributed by atoms with Gasteiger partial charge in [-0.2, -0.15) is 0 Å². The van der Waals surface area contributed by atoms with Gasteiger partial charge in [0.2, 0.25) is 6.41 Å². The van der Waals surface area contributed by atoms with Gasteiger partial charge in [0.05, 0.1) is 0 Å². The summed E-state index contributed by atoms with van der Waals surface area (Å²) in [6.45, 7) is 5.65. The molecule has 0 heterocycles. The van der Waals surface area contributed by atoms with Crippen molar-refractivity contribution in [3.63, 3.8) is 0 Å². The fourth-order valence-electron chi connectivity index (χ4n) is 1.86. The SMILES string of the molecule is Cc1cc(C)c(C(=O)CC(NC=O)C(=O)O)cc1C. The van der Waals surface area contributed by atoms with Gasteiger partial charge in [0.25, 0.3) is 0 Å². The van der Waals surface area contributed by atoms with Gasteiger partial charge < -0.3 is 10.4 Å². The van der Waals surface area contributed by atoms with Crippen LogP contribution in [0.1, 0.15) is 33.5 Å². The first-order chi connectivity index (χ1) is 8.86. The number of nitrogens with one attached hydrogen (secondary N) is 1. The van der Waals surface area contributed by atoms with Gasteiger partial charge in [0, 0.05) is 12.0 Å². The quantitative estimate of drug-likeness (QED) is 0.600. The molecule has 5 heteroatoms. The summed E-state index contributed by atoms with van der Waals surface area (Å²) in [6.07, 6.45) is 0.0384. The van der Waals surface area contributed by atoms with E-state index >= 15 is 0 Å². The Morgan fingerprint density at radius 3 is 2.32 bits per heavy atom. The van der Waals surface area contributed by atoms with Crippen LogP contribution in [0.5, 0.6) is 0 Å². The topological polar surface area (TPSA) is 83.5 Å². The van der Waals surface area contributed by atoms with Gasteiger partial charge in [-0.15, -0.1) is 0 Å². The summed E-state index contributed by atoms with van der Waals surface area (Å²) >= 11 is 0. The number of ketones is 1. The zero-order chi connectivity index (χ0) is 14.6. The van der Waals surface area contributed by atoms with Crippen LogP contribution in [-0.4, -0.2) is 29.3 Å². The smallest absolute Gasteiger partial charge is 0.326 e. The molecular weight excluding hydrogens is 246 g/mol. The summed E-state index contributed by atoms with van der Waals surface area (Å²) in [4.78, 5) is 33.3. The molecule has 0 radical (unpaired) electrons. The highest BCUT2D eigenvalue weighted by atomic mass is 16.4. The lowest BCUT2D eigenvalue weighted by Crippen LogP contribution is -2.37. The van der Waals surface area contributed by atoms with Crippen molar-refractivity contribution in [1.82, 2.24) is 5.32 Å². The van der Waals surface area contributed by atoms with Gasteiger partial charge in [-0.3, -0.25) is 9.59 Å². The highest BCUT2D eigenvalue weighted by Crippen LogP contribution is 2.17. The monoisotopic (exact) mass is 263 g/mol. The molecule has 0 aromatic heterocycles. The number of amides is 1. The second-order valence-electron chi connectivity index (χ2n) is 4.55. The summed E-state index contributed by atoms with van der Waals surface area (Å²) in [6, 6.07) is 2.46. The Balaban J connectivity index is 2.97. The molecule has 1 atom stereocenters. The largest absolute Gasteiger partial charge is 0.480 e. The number of rotatable bonds is 6. The molecule has 0 saturated carbocycles. The second-order valence-corrected chi connectivity index (χ2v) is 4.55. The third kappa shape index (κ3) is 3.64. The number of carbonyl (C=O) groups excluding carboxylic acids is 2. The van der Waals surface area contributed by atoms with Crippen molar-refractivity contribution in [3.8, 4) is 0 Å². The molecule has 102 valence electrons. The van der Waals surface area contributed by atoms with Crippen LogP contribution in [0.3, 0.4) is 0 Å². The second kappa shape index (κ2) is 6.13.